The maximum atomic E-state index is 12.2. The Morgan fingerprint density at radius 1 is 1.14 bits per heavy atom. The van der Waals surface area contributed by atoms with E-state index in [0.717, 1.165) is 16.3 Å². The van der Waals surface area contributed by atoms with Gasteiger partial charge in [0, 0.05) is 23.4 Å². The van der Waals surface area contributed by atoms with Gasteiger partial charge in [0.25, 0.3) is 0 Å². The van der Waals surface area contributed by atoms with Gasteiger partial charge in [0.05, 0.1) is 6.20 Å². The Morgan fingerprint density at radius 3 is 3.00 bits per heavy atom. The molecule has 1 aliphatic heterocycles. The largest absolute Gasteiger partial charge is 0.454 e. The zero-order valence-corrected chi connectivity index (χ0v) is 14.7. The van der Waals surface area contributed by atoms with E-state index in [1.807, 2.05) is 42.5 Å². The number of benzene rings is 2. The van der Waals surface area contributed by atoms with Crippen LogP contribution in [-0.2, 0) is 11.3 Å². The van der Waals surface area contributed by atoms with Crippen molar-refractivity contribution in [2.45, 2.75) is 6.54 Å². The van der Waals surface area contributed by atoms with Crippen LogP contribution in [0.1, 0.15) is 11.4 Å². The fraction of sp³-hybridized carbons (Fsp3) is 0.100. The number of aromatic nitrogens is 4. The lowest BCUT2D eigenvalue weighted by molar-refractivity contribution is -0.116. The molecule has 1 N–H and O–H groups in total. The van der Waals surface area contributed by atoms with Crippen LogP contribution in [0.5, 0.6) is 11.5 Å². The Labute approximate surface area is 159 Å². The number of ether oxygens (including phenoxy) is 2. The summed E-state index contributed by atoms with van der Waals surface area (Å²) in [6.45, 7) is 0.604. The molecular formula is C20H15N5O3. The van der Waals surface area contributed by atoms with Crippen LogP contribution in [0, 0.1) is 0 Å². The first kappa shape index (κ1) is 16.2. The first-order valence-electron chi connectivity index (χ1n) is 8.71. The molecule has 0 unspecified atom stereocenters. The van der Waals surface area contributed by atoms with Crippen molar-refractivity contribution in [2.24, 2.45) is 0 Å². The molecule has 0 saturated carbocycles. The lowest BCUT2D eigenvalue weighted by Crippen LogP contribution is -2.20. The molecule has 8 nitrogen and oxygen atoms in total. The minimum Gasteiger partial charge on any atom is -0.454 e. The zero-order chi connectivity index (χ0) is 18.9. The molecule has 2 aromatic carbocycles. The summed E-state index contributed by atoms with van der Waals surface area (Å²) in [5.41, 5.74) is 1.57. The summed E-state index contributed by atoms with van der Waals surface area (Å²) in [5.74, 6) is 1.65. The van der Waals surface area contributed by atoms with Crippen LogP contribution >= 0.6 is 0 Å². The van der Waals surface area contributed by atoms with Crippen LogP contribution in [0.3, 0.4) is 0 Å². The van der Waals surface area contributed by atoms with Crippen molar-refractivity contribution >= 4 is 28.4 Å². The summed E-state index contributed by atoms with van der Waals surface area (Å²) < 4.78 is 12.2. The number of hydrogen-bond acceptors (Lipinski definition) is 6. The number of hydrogen-bond donors (Lipinski definition) is 1. The predicted molar refractivity (Wildman–Crippen MR) is 102 cm³/mol. The quantitative estimate of drug-likeness (QED) is 0.552. The molecule has 2 aromatic heterocycles. The van der Waals surface area contributed by atoms with E-state index >= 15 is 0 Å². The van der Waals surface area contributed by atoms with Crippen molar-refractivity contribution < 1.29 is 14.3 Å². The van der Waals surface area contributed by atoms with Gasteiger partial charge in [-0.15, -0.1) is 10.2 Å². The van der Waals surface area contributed by atoms with Crippen LogP contribution in [0.15, 0.2) is 54.7 Å². The van der Waals surface area contributed by atoms with Gasteiger partial charge in [0.15, 0.2) is 23.0 Å². The van der Waals surface area contributed by atoms with Crippen LogP contribution < -0.4 is 14.8 Å². The van der Waals surface area contributed by atoms with Crippen LogP contribution in [0.4, 0.5) is 0 Å². The molecule has 5 rings (SSSR count). The third-order valence-corrected chi connectivity index (χ3v) is 4.47. The van der Waals surface area contributed by atoms with Crippen molar-refractivity contribution in [3.63, 3.8) is 0 Å². The third-order valence-electron chi connectivity index (χ3n) is 4.47. The zero-order valence-electron chi connectivity index (χ0n) is 14.7. The van der Waals surface area contributed by atoms with Crippen molar-refractivity contribution in [3.05, 3.63) is 66.1 Å². The molecule has 0 atom stereocenters. The molecule has 8 heteroatoms. The predicted octanol–water partition coefficient (Wildman–Crippen LogP) is 2.34. The summed E-state index contributed by atoms with van der Waals surface area (Å²) in [6.07, 6.45) is 4.76. The SMILES string of the molecule is O=C(/C=C/c1nnc2c3ccccc3cnn12)NCc1ccc2c(c1)OCO2. The van der Waals surface area contributed by atoms with Crippen LogP contribution in [-0.4, -0.2) is 32.5 Å². The maximum Gasteiger partial charge on any atom is 0.244 e. The second-order valence-corrected chi connectivity index (χ2v) is 6.26. The first-order valence-corrected chi connectivity index (χ1v) is 8.71. The topological polar surface area (TPSA) is 90.6 Å². The molecule has 0 spiro atoms. The van der Waals surface area contributed by atoms with Gasteiger partial charge in [-0.2, -0.15) is 9.61 Å². The van der Waals surface area contributed by atoms with E-state index in [4.69, 9.17) is 9.47 Å². The molecule has 0 bridgehead atoms. The molecule has 0 saturated heterocycles. The molecule has 28 heavy (non-hydrogen) atoms. The van der Waals surface area contributed by atoms with E-state index in [2.05, 4.69) is 20.6 Å². The normalized spacial score (nSPS) is 12.9. The molecule has 1 amide bonds. The summed E-state index contributed by atoms with van der Waals surface area (Å²) in [4.78, 5) is 12.2. The van der Waals surface area contributed by atoms with E-state index < -0.39 is 0 Å². The van der Waals surface area contributed by atoms with Crippen molar-refractivity contribution in [3.8, 4) is 11.5 Å². The monoisotopic (exact) mass is 373 g/mol. The van der Waals surface area contributed by atoms with E-state index in [-0.39, 0.29) is 12.7 Å². The minimum absolute atomic E-state index is 0.226. The van der Waals surface area contributed by atoms with Gasteiger partial charge in [-0.3, -0.25) is 4.79 Å². The van der Waals surface area contributed by atoms with Crippen molar-refractivity contribution in [1.29, 1.82) is 0 Å². The van der Waals surface area contributed by atoms with Gasteiger partial charge in [-0.05, 0) is 23.8 Å². The van der Waals surface area contributed by atoms with Gasteiger partial charge in [-0.25, -0.2) is 0 Å². The van der Waals surface area contributed by atoms with Gasteiger partial charge in [-0.1, -0.05) is 30.3 Å². The lowest BCUT2D eigenvalue weighted by atomic mass is 10.2. The number of rotatable bonds is 4. The molecule has 0 radical (unpaired) electrons. The smallest absolute Gasteiger partial charge is 0.244 e. The number of fused-ring (bicyclic) bond motifs is 4. The van der Waals surface area contributed by atoms with E-state index in [0.29, 0.717) is 29.5 Å². The fourth-order valence-corrected chi connectivity index (χ4v) is 3.06. The maximum absolute atomic E-state index is 12.2. The number of nitrogens with zero attached hydrogens (tertiary/aromatic N) is 4. The van der Waals surface area contributed by atoms with Gasteiger partial charge in [0.2, 0.25) is 12.7 Å². The van der Waals surface area contributed by atoms with E-state index in [9.17, 15) is 4.79 Å². The third kappa shape index (κ3) is 2.90. The Kier molecular flexibility index (Phi) is 3.86. The average molecular weight is 373 g/mol. The van der Waals surface area contributed by atoms with Crippen molar-refractivity contribution in [1.82, 2.24) is 25.1 Å². The number of nitrogens with one attached hydrogen (secondary N) is 1. The molecule has 3 heterocycles. The van der Waals surface area contributed by atoms with Crippen LogP contribution in [0.25, 0.3) is 22.5 Å². The molecule has 1 aliphatic rings. The molecular weight excluding hydrogens is 358 g/mol. The number of carbonyl (C=O) groups is 1. The van der Waals surface area contributed by atoms with Gasteiger partial charge in [0.1, 0.15) is 0 Å². The Bertz CT molecular complexity index is 1230. The van der Waals surface area contributed by atoms with Crippen molar-refractivity contribution in [2.75, 3.05) is 6.79 Å². The molecule has 138 valence electrons. The minimum atomic E-state index is -0.241. The van der Waals surface area contributed by atoms with Gasteiger partial charge < -0.3 is 14.8 Å². The van der Waals surface area contributed by atoms with E-state index in [1.54, 1.807) is 16.8 Å². The molecule has 0 aliphatic carbocycles. The first-order chi connectivity index (χ1) is 13.8. The second kappa shape index (κ2) is 6.66. The molecule has 4 aromatic rings. The summed E-state index contributed by atoms with van der Waals surface area (Å²) in [6, 6.07) is 13.4. The number of carbonyl (C=O) groups excluding carboxylic acids is 1. The highest BCUT2D eigenvalue weighted by Crippen LogP contribution is 2.32. The van der Waals surface area contributed by atoms with Crippen LogP contribution in [0.2, 0.25) is 0 Å². The Morgan fingerprint density at radius 2 is 2.04 bits per heavy atom. The highest BCUT2D eigenvalue weighted by molar-refractivity contribution is 5.94. The van der Waals surface area contributed by atoms with E-state index in [1.165, 1.54) is 6.08 Å². The summed E-state index contributed by atoms with van der Waals surface area (Å²) >= 11 is 0. The highest BCUT2D eigenvalue weighted by atomic mass is 16.7. The Hall–Kier alpha value is -3.94. The molecule has 0 fully saturated rings. The lowest BCUT2D eigenvalue weighted by Gasteiger charge is -2.04. The highest BCUT2D eigenvalue weighted by Gasteiger charge is 2.13. The summed E-state index contributed by atoms with van der Waals surface area (Å²) in [5, 5.41) is 17.4. The summed E-state index contributed by atoms with van der Waals surface area (Å²) in [7, 11) is 0. The Balaban J connectivity index is 1.30. The fourth-order valence-electron chi connectivity index (χ4n) is 3.06. The van der Waals surface area contributed by atoms with Gasteiger partial charge >= 0.3 is 0 Å². The average Bonchev–Trinajstić information content (AvgIpc) is 3.37. The second-order valence-electron chi connectivity index (χ2n) is 6.26. The standard InChI is InChI=1S/C20H15N5O3/c26-19(21-10-13-5-6-16-17(9-13)28-12-27-16)8-7-18-23-24-20-15-4-2-1-3-14(15)11-22-25(18)20/h1-9,11H,10,12H2,(H,21,26)/b8-7+. The number of amides is 1.